The molecule has 1 amide bonds. The van der Waals surface area contributed by atoms with Crippen molar-refractivity contribution in [1.29, 1.82) is 0 Å². The van der Waals surface area contributed by atoms with Crippen LogP contribution in [0, 0.1) is 0 Å². The molecule has 1 aliphatic heterocycles. The van der Waals surface area contributed by atoms with E-state index < -0.39 is 0 Å². The van der Waals surface area contributed by atoms with Crippen LogP contribution in [0.15, 0.2) is 29.3 Å². The van der Waals surface area contributed by atoms with Gasteiger partial charge in [-0.1, -0.05) is 11.8 Å². The van der Waals surface area contributed by atoms with Gasteiger partial charge in [-0.3, -0.25) is 14.7 Å². The Morgan fingerprint density at radius 3 is 2.61 bits per heavy atom. The summed E-state index contributed by atoms with van der Waals surface area (Å²) in [7, 11) is 1.61. The highest BCUT2D eigenvalue weighted by Gasteiger charge is 2.23. The number of hydrogen-bond donors (Lipinski definition) is 0. The van der Waals surface area contributed by atoms with Gasteiger partial charge in [0, 0.05) is 12.1 Å². The molecule has 0 saturated heterocycles. The van der Waals surface area contributed by atoms with E-state index >= 15 is 0 Å². The summed E-state index contributed by atoms with van der Waals surface area (Å²) in [6, 6.07) is 7.13. The number of benzene rings is 1. The fraction of sp³-hybridized carbons (Fsp3) is 0.333. The molecule has 0 N–H and O–H groups in total. The maximum absolute atomic E-state index is 12.2. The molecule has 2 rings (SSSR count). The molecular weight excluding hydrogens is 316 g/mol. The van der Waals surface area contributed by atoms with E-state index in [0.29, 0.717) is 18.7 Å². The van der Waals surface area contributed by atoms with Crippen molar-refractivity contribution in [3.05, 3.63) is 29.8 Å². The summed E-state index contributed by atoms with van der Waals surface area (Å²) >= 11 is 1.50. The van der Waals surface area contributed by atoms with Crippen molar-refractivity contribution < 1.29 is 26.5 Å². The molecule has 6 heteroatoms. The second-order valence-corrected chi connectivity index (χ2v) is 4.33. The quantitative estimate of drug-likeness (QED) is 0.690. The molecular formula is C12H14BrN2O2S-. The fourth-order valence-electron chi connectivity index (χ4n) is 1.68. The summed E-state index contributed by atoms with van der Waals surface area (Å²) in [4.78, 5) is 18.2. The van der Waals surface area contributed by atoms with E-state index in [2.05, 4.69) is 4.99 Å². The van der Waals surface area contributed by atoms with Crippen LogP contribution in [0.3, 0.4) is 0 Å². The van der Waals surface area contributed by atoms with Gasteiger partial charge in [-0.2, -0.15) is 0 Å². The van der Waals surface area contributed by atoms with Gasteiger partial charge in [-0.05, 0) is 30.5 Å². The predicted octanol–water partition coefficient (Wildman–Crippen LogP) is -1.13. The van der Waals surface area contributed by atoms with E-state index in [-0.39, 0.29) is 22.9 Å². The first-order valence-corrected chi connectivity index (χ1v) is 6.53. The van der Waals surface area contributed by atoms with Crippen molar-refractivity contribution in [3.63, 3.8) is 0 Å². The minimum Gasteiger partial charge on any atom is -1.00 e. The van der Waals surface area contributed by atoms with Gasteiger partial charge >= 0.3 is 0 Å². The Hall–Kier alpha value is -1.01. The van der Waals surface area contributed by atoms with Gasteiger partial charge in [-0.25, -0.2) is 0 Å². The van der Waals surface area contributed by atoms with Crippen molar-refractivity contribution in [3.8, 4) is 5.75 Å². The zero-order chi connectivity index (χ0) is 12.3. The lowest BCUT2D eigenvalue weighted by atomic mass is 10.2. The molecule has 1 aromatic rings. The summed E-state index contributed by atoms with van der Waals surface area (Å²) in [5.74, 6) is 0.750. The number of nitrogens with zero attached hydrogens (tertiary/aromatic N) is 2. The Morgan fingerprint density at radius 2 is 2.06 bits per heavy atom. The van der Waals surface area contributed by atoms with Crippen LogP contribution in [0.25, 0.3) is 0 Å². The van der Waals surface area contributed by atoms with Gasteiger partial charge in [0.1, 0.15) is 5.75 Å². The fourth-order valence-corrected chi connectivity index (χ4v) is 2.29. The molecule has 0 atom stereocenters. The SMILES string of the molecule is COc1ccc(C(=O)N2CCN=C2SC)cc1.[Br-]. The second kappa shape index (κ2) is 6.80. The maximum Gasteiger partial charge on any atom is 0.259 e. The van der Waals surface area contributed by atoms with Crippen LogP contribution in [0.2, 0.25) is 0 Å². The van der Waals surface area contributed by atoms with Crippen LogP contribution in [-0.4, -0.2) is 42.4 Å². The largest absolute Gasteiger partial charge is 1.00 e. The molecule has 0 saturated carbocycles. The molecule has 0 aliphatic carbocycles. The van der Waals surface area contributed by atoms with Crippen LogP contribution in [-0.2, 0) is 0 Å². The van der Waals surface area contributed by atoms with Crippen molar-refractivity contribution in [2.45, 2.75) is 0 Å². The van der Waals surface area contributed by atoms with E-state index in [0.717, 1.165) is 10.9 Å². The van der Waals surface area contributed by atoms with E-state index in [1.807, 2.05) is 6.26 Å². The molecule has 0 radical (unpaired) electrons. The molecule has 18 heavy (non-hydrogen) atoms. The van der Waals surface area contributed by atoms with Crippen LogP contribution >= 0.6 is 11.8 Å². The first-order valence-electron chi connectivity index (χ1n) is 5.30. The Kier molecular flexibility index (Phi) is 5.68. The number of aliphatic imine (C=N–C) groups is 1. The highest BCUT2D eigenvalue weighted by molar-refractivity contribution is 8.13. The molecule has 0 fully saturated rings. The van der Waals surface area contributed by atoms with Crippen LogP contribution in [0.1, 0.15) is 10.4 Å². The van der Waals surface area contributed by atoms with Gasteiger partial charge < -0.3 is 21.7 Å². The van der Waals surface area contributed by atoms with E-state index in [1.165, 1.54) is 11.8 Å². The van der Waals surface area contributed by atoms with E-state index in [9.17, 15) is 4.79 Å². The van der Waals surface area contributed by atoms with Gasteiger partial charge in [-0.15, -0.1) is 0 Å². The third-order valence-corrected chi connectivity index (χ3v) is 3.28. The monoisotopic (exact) mass is 329 g/mol. The van der Waals surface area contributed by atoms with E-state index in [1.54, 1.807) is 36.3 Å². The highest BCUT2D eigenvalue weighted by Crippen LogP contribution is 2.17. The number of rotatable bonds is 2. The van der Waals surface area contributed by atoms with Gasteiger partial charge in [0.25, 0.3) is 5.91 Å². The molecule has 0 bridgehead atoms. The van der Waals surface area contributed by atoms with Crippen LogP contribution in [0.5, 0.6) is 5.75 Å². The number of hydrogen-bond acceptors (Lipinski definition) is 4. The van der Waals surface area contributed by atoms with Gasteiger partial charge in [0.15, 0.2) is 5.17 Å². The zero-order valence-corrected chi connectivity index (χ0v) is 12.6. The number of amidine groups is 1. The number of halogens is 1. The van der Waals surface area contributed by atoms with Crippen molar-refractivity contribution in [2.75, 3.05) is 26.5 Å². The summed E-state index contributed by atoms with van der Waals surface area (Å²) in [5, 5.41) is 0.797. The Labute approximate surface area is 121 Å². The lowest BCUT2D eigenvalue weighted by molar-refractivity contribution is -0.0000130. The van der Waals surface area contributed by atoms with Crippen LogP contribution < -0.4 is 21.7 Å². The Bertz CT molecular complexity index is 448. The number of carbonyl (C=O) groups excluding carboxylic acids is 1. The minimum atomic E-state index is -0.00162. The average molecular weight is 330 g/mol. The molecule has 1 aliphatic rings. The highest BCUT2D eigenvalue weighted by atomic mass is 79.9. The number of methoxy groups -OCH3 is 1. The molecule has 1 aromatic carbocycles. The first-order chi connectivity index (χ1) is 8.26. The first kappa shape index (κ1) is 15.0. The summed E-state index contributed by atoms with van der Waals surface area (Å²) in [6.07, 6.45) is 1.93. The standard InChI is InChI=1S/C12H14N2O2S.BrH/c1-16-10-5-3-9(4-6-10)11(15)14-8-7-13-12(14)17-2;/h3-6H,7-8H2,1-2H3;1H/p-1. The molecule has 0 aromatic heterocycles. The zero-order valence-electron chi connectivity index (χ0n) is 10.2. The maximum atomic E-state index is 12.2. The normalized spacial score (nSPS) is 13.9. The molecule has 0 unspecified atom stereocenters. The van der Waals surface area contributed by atoms with Crippen LogP contribution in [0.4, 0.5) is 0 Å². The Balaban J connectivity index is 0.00000162. The summed E-state index contributed by atoms with van der Waals surface area (Å²) in [5.41, 5.74) is 0.662. The molecule has 4 nitrogen and oxygen atoms in total. The summed E-state index contributed by atoms with van der Waals surface area (Å²) < 4.78 is 5.06. The number of ether oxygens (including phenoxy) is 1. The van der Waals surface area contributed by atoms with Gasteiger partial charge in [0.2, 0.25) is 0 Å². The average Bonchev–Trinajstić information content (AvgIpc) is 2.86. The third kappa shape index (κ3) is 3.05. The minimum absolute atomic E-state index is 0. The van der Waals surface area contributed by atoms with Crippen molar-refractivity contribution in [2.24, 2.45) is 4.99 Å². The van der Waals surface area contributed by atoms with Gasteiger partial charge in [0.05, 0.1) is 13.7 Å². The van der Waals surface area contributed by atoms with Crippen molar-refractivity contribution >= 4 is 22.8 Å². The lowest BCUT2D eigenvalue weighted by Crippen LogP contribution is -3.00. The topological polar surface area (TPSA) is 41.9 Å². The molecule has 1 heterocycles. The third-order valence-electron chi connectivity index (χ3n) is 2.57. The molecule has 0 spiro atoms. The second-order valence-electron chi connectivity index (χ2n) is 3.55. The number of carbonyl (C=O) groups is 1. The predicted molar refractivity (Wildman–Crippen MR) is 69.8 cm³/mol. The molecule has 98 valence electrons. The summed E-state index contributed by atoms with van der Waals surface area (Å²) in [6.45, 7) is 1.36. The number of amides is 1. The Morgan fingerprint density at radius 1 is 1.39 bits per heavy atom. The van der Waals surface area contributed by atoms with Crippen molar-refractivity contribution in [1.82, 2.24) is 4.90 Å². The van der Waals surface area contributed by atoms with E-state index in [4.69, 9.17) is 4.74 Å². The number of thioether (sulfide) groups is 1. The lowest BCUT2D eigenvalue weighted by Gasteiger charge is -2.16. The smallest absolute Gasteiger partial charge is 0.259 e.